The van der Waals surface area contributed by atoms with Gasteiger partial charge in [0.25, 0.3) is 0 Å². The van der Waals surface area contributed by atoms with Crippen LogP contribution in [0, 0.1) is 11.7 Å². The van der Waals surface area contributed by atoms with Crippen LogP contribution < -0.4 is 5.32 Å². The lowest BCUT2D eigenvalue weighted by molar-refractivity contribution is -0.133. The number of hydrogen-bond acceptors (Lipinski definition) is 4. The zero-order valence-corrected chi connectivity index (χ0v) is 19.3. The molecule has 0 unspecified atom stereocenters. The number of likely N-dealkylation sites (tertiary alicyclic amines) is 1. The highest BCUT2D eigenvalue weighted by Crippen LogP contribution is 2.26. The smallest absolute Gasteiger partial charge is 0.242 e. The van der Waals surface area contributed by atoms with Crippen LogP contribution in [0.25, 0.3) is 11.0 Å². The normalized spacial score (nSPS) is 14.7. The third kappa shape index (κ3) is 5.24. The van der Waals surface area contributed by atoms with Crippen molar-refractivity contribution in [3.63, 3.8) is 0 Å². The maximum absolute atomic E-state index is 13.3. The van der Waals surface area contributed by atoms with Crippen LogP contribution in [0.15, 0.2) is 47.6 Å². The third-order valence-electron chi connectivity index (χ3n) is 5.58. The minimum absolute atomic E-state index is 0.0529. The monoisotopic (exact) mass is 474 g/mol. The molecule has 0 radical (unpaired) electrons. The molecule has 4 rings (SSSR count). The van der Waals surface area contributed by atoms with Gasteiger partial charge in [0, 0.05) is 18.8 Å². The van der Waals surface area contributed by atoms with Crippen molar-refractivity contribution in [2.45, 2.75) is 31.5 Å². The molecule has 1 N–H and O–H groups in total. The fourth-order valence-electron chi connectivity index (χ4n) is 3.71. The highest BCUT2D eigenvalue weighted by Gasteiger charge is 2.22. The molecule has 3 aromatic rings. The van der Waals surface area contributed by atoms with Gasteiger partial charge >= 0.3 is 0 Å². The quantitative estimate of drug-likeness (QED) is 0.520. The summed E-state index contributed by atoms with van der Waals surface area (Å²) in [7, 11) is 0. The van der Waals surface area contributed by atoms with Crippen molar-refractivity contribution in [3.8, 4) is 0 Å². The number of nitrogens with one attached hydrogen (secondary N) is 1. The second-order valence-corrected chi connectivity index (χ2v) is 9.35. The molecule has 1 saturated heterocycles. The van der Waals surface area contributed by atoms with Crippen molar-refractivity contribution < 1.29 is 14.0 Å². The predicted octanol–water partition coefficient (Wildman–Crippen LogP) is 4.82. The maximum atomic E-state index is 13.3. The number of carbonyl (C=O) groups is 2. The lowest BCUT2D eigenvalue weighted by Crippen LogP contribution is -2.39. The number of para-hydroxylation sites is 2. The van der Waals surface area contributed by atoms with E-state index in [1.807, 2.05) is 33.7 Å². The number of hydrogen-bond donors (Lipinski definition) is 1. The number of rotatable bonds is 6. The SMILES string of the molecule is CC1CCN(C(=O)Cn2c(SCC(=O)Nc3ccc(F)c(Cl)c3)nc3ccccc32)CC1. The summed E-state index contributed by atoms with van der Waals surface area (Å²) in [5.74, 6) is -0.0115. The summed E-state index contributed by atoms with van der Waals surface area (Å²) in [6, 6.07) is 11.7. The van der Waals surface area contributed by atoms with Gasteiger partial charge in [-0.3, -0.25) is 9.59 Å². The van der Waals surface area contributed by atoms with Crippen molar-refractivity contribution >= 4 is 51.9 Å². The third-order valence-corrected chi connectivity index (χ3v) is 6.85. The molecule has 0 spiro atoms. The van der Waals surface area contributed by atoms with Crippen LogP contribution in [0.3, 0.4) is 0 Å². The summed E-state index contributed by atoms with van der Waals surface area (Å²) in [6.45, 7) is 3.95. The van der Waals surface area contributed by atoms with Crippen LogP contribution in [0.4, 0.5) is 10.1 Å². The number of anilines is 1. The van der Waals surface area contributed by atoms with E-state index in [9.17, 15) is 14.0 Å². The molecule has 1 aliphatic rings. The Morgan fingerprint density at radius 3 is 2.72 bits per heavy atom. The number of imidazole rings is 1. The number of benzene rings is 2. The molecule has 1 fully saturated rings. The average molecular weight is 475 g/mol. The lowest BCUT2D eigenvalue weighted by Gasteiger charge is -2.30. The van der Waals surface area contributed by atoms with Gasteiger partial charge < -0.3 is 14.8 Å². The van der Waals surface area contributed by atoms with Crippen molar-refractivity contribution in [1.82, 2.24) is 14.5 Å². The van der Waals surface area contributed by atoms with Gasteiger partial charge in [0.15, 0.2) is 5.16 Å². The van der Waals surface area contributed by atoms with Gasteiger partial charge in [0.05, 0.1) is 21.8 Å². The summed E-state index contributed by atoms with van der Waals surface area (Å²) >= 11 is 7.03. The highest BCUT2D eigenvalue weighted by atomic mass is 35.5. The Balaban J connectivity index is 1.46. The maximum Gasteiger partial charge on any atom is 0.242 e. The first-order valence-corrected chi connectivity index (χ1v) is 11.9. The topological polar surface area (TPSA) is 67.2 Å². The van der Waals surface area contributed by atoms with Crippen molar-refractivity contribution in [1.29, 1.82) is 0 Å². The molecule has 9 heteroatoms. The number of aromatic nitrogens is 2. The molecular weight excluding hydrogens is 451 g/mol. The van der Waals surface area contributed by atoms with E-state index in [-0.39, 0.29) is 29.1 Å². The average Bonchev–Trinajstić information content (AvgIpc) is 3.13. The Kier molecular flexibility index (Phi) is 7.01. The van der Waals surface area contributed by atoms with Crippen LogP contribution >= 0.6 is 23.4 Å². The van der Waals surface area contributed by atoms with Crippen LogP contribution in [-0.2, 0) is 16.1 Å². The largest absolute Gasteiger partial charge is 0.341 e. The predicted molar refractivity (Wildman–Crippen MR) is 125 cm³/mol. The molecule has 168 valence electrons. The Morgan fingerprint density at radius 1 is 1.22 bits per heavy atom. The van der Waals surface area contributed by atoms with Gasteiger partial charge in [-0.25, -0.2) is 9.37 Å². The molecule has 0 atom stereocenters. The fourth-order valence-corrected chi connectivity index (χ4v) is 4.71. The Bertz CT molecular complexity index is 1140. The molecule has 2 amide bonds. The molecule has 0 saturated carbocycles. The van der Waals surface area contributed by atoms with E-state index in [4.69, 9.17) is 11.6 Å². The van der Waals surface area contributed by atoms with E-state index < -0.39 is 5.82 Å². The van der Waals surface area contributed by atoms with E-state index in [0.717, 1.165) is 37.0 Å². The molecule has 2 heterocycles. The number of nitrogens with zero attached hydrogens (tertiary/aromatic N) is 3. The highest BCUT2D eigenvalue weighted by molar-refractivity contribution is 7.99. The molecule has 1 aromatic heterocycles. The van der Waals surface area contributed by atoms with E-state index >= 15 is 0 Å². The van der Waals surface area contributed by atoms with Crippen LogP contribution in [0.2, 0.25) is 5.02 Å². The summed E-state index contributed by atoms with van der Waals surface area (Å²) in [4.78, 5) is 31.9. The Labute approximate surface area is 195 Å². The summed E-state index contributed by atoms with van der Waals surface area (Å²) in [5.41, 5.74) is 2.06. The molecule has 0 aliphatic carbocycles. The van der Waals surface area contributed by atoms with E-state index in [0.29, 0.717) is 16.8 Å². The standard InChI is InChI=1S/C23H24ClFN4O2S/c1-15-8-10-28(11-9-15)22(31)13-29-20-5-3-2-4-19(20)27-23(29)32-14-21(30)26-16-6-7-18(25)17(24)12-16/h2-7,12,15H,8-11,13-14H2,1H3,(H,26,30). The Morgan fingerprint density at radius 2 is 1.97 bits per heavy atom. The molecule has 6 nitrogen and oxygen atoms in total. The number of halogens is 2. The van der Waals surface area contributed by atoms with Crippen LogP contribution in [0.5, 0.6) is 0 Å². The first kappa shape index (κ1) is 22.6. The van der Waals surface area contributed by atoms with Crippen molar-refractivity contribution in [2.75, 3.05) is 24.2 Å². The summed E-state index contributed by atoms with van der Waals surface area (Å²) < 4.78 is 15.2. The summed E-state index contributed by atoms with van der Waals surface area (Å²) in [6.07, 6.45) is 2.04. The number of carbonyl (C=O) groups excluding carboxylic acids is 2. The molecular formula is C23H24ClFN4O2S. The lowest BCUT2D eigenvalue weighted by atomic mass is 9.99. The first-order valence-electron chi connectivity index (χ1n) is 10.5. The van der Waals surface area contributed by atoms with E-state index in [1.54, 1.807) is 0 Å². The first-order chi connectivity index (χ1) is 15.4. The van der Waals surface area contributed by atoms with E-state index in [1.165, 1.54) is 30.0 Å². The summed E-state index contributed by atoms with van der Waals surface area (Å²) in [5, 5.41) is 3.26. The van der Waals surface area contributed by atoms with Gasteiger partial charge in [-0.1, -0.05) is 42.4 Å². The van der Waals surface area contributed by atoms with Gasteiger partial charge in [0.1, 0.15) is 12.4 Å². The second-order valence-electron chi connectivity index (χ2n) is 8.00. The molecule has 1 aliphatic heterocycles. The van der Waals surface area contributed by atoms with Crippen LogP contribution in [-0.4, -0.2) is 45.1 Å². The molecule has 32 heavy (non-hydrogen) atoms. The molecule has 2 aromatic carbocycles. The number of amides is 2. The van der Waals surface area contributed by atoms with Gasteiger partial charge in [-0.2, -0.15) is 0 Å². The Hall–Kier alpha value is -2.58. The van der Waals surface area contributed by atoms with E-state index in [2.05, 4.69) is 17.2 Å². The number of piperidine rings is 1. The van der Waals surface area contributed by atoms with Crippen molar-refractivity contribution in [3.05, 3.63) is 53.3 Å². The number of thioether (sulfide) groups is 1. The second kappa shape index (κ2) is 9.92. The molecule has 0 bridgehead atoms. The van der Waals surface area contributed by atoms with Crippen molar-refractivity contribution in [2.24, 2.45) is 5.92 Å². The van der Waals surface area contributed by atoms with Crippen LogP contribution in [0.1, 0.15) is 19.8 Å². The van der Waals surface area contributed by atoms with Gasteiger partial charge in [-0.05, 0) is 49.1 Å². The van der Waals surface area contributed by atoms with Gasteiger partial charge in [-0.15, -0.1) is 0 Å². The van der Waals surface area contributed by atoms with Gasteiger partial charge in [0.2, 0.25) is 11.8 Å². The minimum Gasteiger partial charge on any atom is -0.341 e. The minimum atomic E-state index is -0.541. The number of fused-ring (bicyclic) bond motifs is 1. The zero-order chi connectivity index (χ0) is 22.7. The fraction of sp³-hybridized carbons (Fsp3) is 0.348. The zero-order valence-electron chi connectivity index (χ0n) is 17.7.